The minimum Gasteiger partial charge on any atom is -0.486 e. The Balaban J connectivity index is 1.32. The maximum absolute atomic E-state index is 14.2. The van der Waals surface area contributed by atoms with Crippen LogP contribution in [0.1, 0.15) is 64.3 Å². The quantitative estimate of drug-likeness (QED) is 0.282. The summed E-state index contributed by atoms with van der Waals surface area (Å²) in [5, 5.41) is 5.14. The molecule has 2 aromatic carbocycles. The van der Waals surface area contributed by atoms with Gasteiger partial charge in [0.15, 0.2) is 0 Å². The largest absolute Gasteiger partial charge is 0.486 e. The summed E-state index contributed by atoms with van der Waals surface area (Å²) in [6, 6.07) is 15.4. The zero-order valence-corrected chi connectivity index (χ0v) is 22.7. The minimum absolute atomic E-state index is 0.0527. The second kappa shape index (κ2) is 11.8. The Morgan fingerprint density at radius 1 is 1.21 bits per heavy atom. The lowest BCUT2D eigenvalue weighted by atomic mass is 9.87. The number of aromatic nitrogens is 1. The predicted molar refractivity (Wildman–Crippen MR) is 146 cm³/mol. The SMILES string of the molecule is CC(C)CC(=O)N1CCc2ccc(OCc3nc(C(=O)NCc4ccco4)cs3)cc2C1c1cccc(F)c1. The number of halogens is 1. The molecule has 202 valence electrons. The summed E-state index contributed by atoms with van der Waals surface area (Å²) in [4.78, 5) is 31.9. The molecule has 2 aromatic heterocycles. The van der Waals surface area contributed by atoms with E-state index in [0.717, 1.165) is 16.7 Å². The fourth-order valence-corrected chi connectivity index (χ4v) is 5.44. The zero-order valence-electron chi connectivity index (χ0n) is 21.9. The van der Waals surface area contributed by atoms with E-state index in [1.54, 1.807) is 29.8 Å². The summed E-state index contributed by atoms with van der Waals surface area (Å²) in [6.45, 7) is 5.09. The number of furan rings is 1. The van der Waals surface area contributed by atoms with Gasteiger partial charge in [-0.2, -0.15) is 0 Å². The fraction of sp³-hybridized carbons (Fsp3) is 0.300. The van der Waals surface area contributed by atoms with E-state index in [1.165, 1.54) is 23.5 Å². The lowest BCUT2D eigenvalue weighted by Crippen LogP contribution is -2.41. The maximum Gasteiger partial charge on any atom is 0.271 e. The van der Waals surface area contributed by atoms with Crippen molar-refractivity contribution >= 4 is 23.2 Å². The van der Waals surface area contributed by atoms with Crippen molar-refractivity contribution in [1.82, 2.24) is 15.2 Å². The van der Waals surface area contributed by atoms with Gasteiger partial charge in [-0.05, 0) is 65.4 Å². The number of nitrogens with one attached hydrogen (secondary N) is 1. The molecule has 5 rings (SSSR count). The molecule has 7 nitrogen and oxygen atoms in total. The minimum atomic E-state index is -0.399. The Labute approximate surface area is 230 Å². The zero-order chi connectivity index (χ0) is 27.4. The Hall–Kier alpha value is -3.98. The van der Waals surface area contributed by atoms with E-state index in [0.29, 0.717) is 41.6 Å². The first-order chi connectivity index (χ1) is 18.9. The molecule has 1 N–H and O–H groups in total. The summed E-state index contributed by atoms with van der Waals surface area (Å²) in [5.74, 6) is 0.930. The molecule has 0 aliphatic carbocycles. The van der Waals surface area contributed by atoms with Gasteiger partial charge in [-0.15, -0.1) is 11.3 Å². The fourth-order valence-electron chi connectivity index (χ4n) is 4.75. The topological polar surface area (TPSA) is 84.7 Å². The van der Waals surface area contributed by atoms with Crippen LogP contribution in [0, 0.1) is 11.7 Å². The van der Waals surface area contributed by atoms with E-state index >= 15 is 0 Å². The van der Waals surface area contributed by atoms with E-state index in [9.17, 15) is 14.0 Å². The van der Waals surface area contributed by atoms with Crippen LogP contribution in [0.3, 0.4) is 0 Å². The van der Waals surface area contributed by atoms with Crippen molar-refractivity contribution < 1.29 is 23.1 Å². The molecule has 0 bridgehead atoms. The van der Waals surface area contributed by atoms with Gasteiger partial charge in [0.2, 0.25) is 5.91 Å². The first-order valence-corrected chi connectivity index (χ1v) is 13.8. The van der Waals surface area contributed by atoms with Crippen molar-refractivity contribution in [1.29, 1.82) is 0 Å². The Morgan fingerprint density at radius 2 is 2.08 bits per heavy atom. The summed E-state index contributed by atoms with van der Waals surface area (Å²) in [6.07, 6.45) is 2.70. The Kier molecular flexibility index (Phi) is 8.07. The number of nitrogens with zero attached hydrogens (tertiary/aromatic N) is 2. The number of carbonyl (C=O) groups is 2. The van der Waals surface area contributed by atoms with Crippen LogP contribution in [-0.2, 0) is 24.4 Å². The molecule has 1 unspecified atom stereocenters. The molecule has 0 radical (unpaired) electrons. The molecule has 0 saturated heterocycles. The molecular formula is C30H30FN3O4S. The average Bonchev–Trinajstić information content (AvgIpc) is 3.62. The van der Waals surface area contributed by atoms with Crippen LogP contribution >= 0.6 is 11.3 Å². The number of amides is 2. The van der Waals surface area contributed by atoms with Crippen LogP contribution in [0.4, 0.5) is 4.39 Å². The molecule has 0 saturated carbocycles. The lowest BCUT2D eigenvalue weighted by Gasteiger charge is -2.38. The molecule has 3 heterocycles. The third-order valence-corrected chi connectivity index (χ3v) is 7.39. The molecule has 1 aliphatic rings. The third kappa shape index (κ3) is 6.37. The molecule has 1 atom stereocenters. The van der Waals surface area contributed by atoms with Gasteiger partial charge in [-0.3, -0.25) is 9.59 Å². The van der Waals surface area contributed by atoms with Crippen molar-refractivity contribution in [2.24, 2.45) is 5.92 Å². The second-order valence-electron chi connectivity index (χ2n) is 9.93. The van der Waals surface area contributed by atoms with Crippen LogP contribution in [-0.4, -0.2) is 28.2 Å². The summed E-state index contributed by atoms with van der Waals surface area (Å²) < 4.78 is 25.5. The highest BCUT2D eigenvalue weighted by molar-refractivity contribution is 7.09. The number of fused-ring (bicyclic) bond motifs is 1. The second-order valence-corrected chi connectivity index (χ2v) is 10.9. The highest BCUT2D eigenvalue weighted by atomic mass is 32.1. The first-order valence-electron chi connectivity index (χ1n) is 12.9. The van der Waals surface area contributed by atoms with Crippen LogP contribution < -0.4 is 10.1 Å². The van der Waals surface area contributed by atoms with Crippen LogP contribution in [0.5, 0.6) is 5.75 Å². The van der Waals surface area contributed by atoms with Crippen molar-refractivity contribution in [2.75, 3.05) is 6.54 Å². The average molecular weight is 548 g/mol. The monoisotopic (exact) mass is 547 g/mol. The van der Waals surface area contributed by atoms with Gasteiger partial charge in [-0.1, -0.05) is 32.0 Å². The number of thiazole rings is 1. The normalized spacial score (nSPS) is 14.8. The molecule has 39 heavy (non-hydrogen) atoms. The van der Waals surface area contributed by atoms with Gasteiger partial charge >= 0.3 is 0 Å². The Morgan fingerprint density at radius 3 is 2.85 bits per heavy atom. The lowest BCUT2D eigenvalue weighted by molar-refractivity contribution is -0.134. The van der Waals surface area contributed by atoms with Crippen molar-refractivity contribution in [3.05, 3.63) is 105 Å². The highest BCUT2D eigenvalue weighted by Gasteiger charge is 2.32. The standard InChI is InChI=1S/C30H30FN3O4S/c1-19(2)13-28(35)34-11-10-20-8-9-23(15-25(20)29(34)21-5-3-6-22(31)14-21)38-17-27-33-26(18-39-27)30(36)32-16-24-7-4-12-37-24/h3-9,12,14-15,18-19,29H,10-11,13,16-17H2,1-2H3,(H,32,36). The number of hydrogen-bond donors (Lipinski definition) is 1. The summed E-state index contributed by atoms with van der Waals surface area (Å²) in [7, 11) is 0. The molecular weight excluding hydrogens is 517 g/mol. The molecule has 4 aromatic rings. The van der Waals surface area contributed by atoms with E-state index in [4.69, 9.17) is 9.15 Å². The predicted octanol–water partition coefficient (Wildman–Crippen LogP) is 5.90. The first kappa shape index (κ1) is 26.6. The smallest absolute Gasteiger partial charge is 0.271 e. The molecule has 1 aliphatic heterocycles. The van der Waals surface area contributed by atoms with E-state index in [-0.39, 0.29) is 36.7 Å². The number of ether oxygens (including phenoxy) is 1. The van der Waals surface area contributed by atoms with E-state index in [2.05, 4.69) is 10.3 Å². The highest BCUT2D eigenvalue weighted by Crippen LogP contribution is 2.38. The van der Waals surface area contributed by atoms with Gasteiger partial charge in [0.25, 0.3) is 5.91 Å². The number of benzene rings is 2. The molecule has 0 fully saturated rings. The third-order valence-electron chi connectivity index (χ3n) is 6.56. The number of rotatable bonds is 9. The number of hydrogen-bond acceptors (Lipinski definition) is 6. The van der Waals surface area contributed by atoms with Crippen molar-refractivity contribution in [2.45, 2.75) is 45.9 Å². The van der Waals surface area contributed by atoms with Gasteiger partial charge in [-0.25, -0.2) is 9.37 Å². The van der Waals surface area contributed by atoms with Crippen LogP contribution in [0.15, 0.2) is 70.7 Å². The van der Waals surface area contributed by atoms with Gasteiger partial charge < -0.3 is 19.4 Å². The number of carbonyl (C=O) groups excluding carboxylic acids is 2. The molecule has 2 amide bonds. The summed E-state index contributed by atoms with van der Waals surface area (Å²) in [5.41, 5.74) is 3.09. The van der Waals surface area contributed by atoms with Gasteiger partial charge in [0.1, 0.15) is 34.6 Å². The van der Waals surface area contributed by atoms with E-state index in [1.807, 2.05) is 43.0 Å². The summed E-state index contributed by atoms with van der Waals surface area (Å²) >= 11 is 1.34. The maximum atomic E-state index is 14.2. The molecule has 0 spiro atoms. The van der Waals surface area contributed by atoms with Gasteiger partial charge in [0, 0.05) is 18.3 Å². The van der Waals surface area contributed by atoms with Gasteiger partial charge in [0.05, 0.1) is 18.8 Å². The van der Waals surface area contributed by atoms with E-state index < -0.39 is 6.04 Å². The van der Waals surface area contributed by atoms with Crippen molar-refractivity contribution in [3.63, 3.8) is 0 Å². The van der Waals surface area contributed by atoms with Crippen LogP contribution in [0.25, 0.3) is 0 Å². The van der Waals surface area contributed by atoms with Crippen molar-refractivity contribution in [3.8, 4) is 5.75 Å². The van der Waals surface area contributed by atoms with Crippen LogP contribution in [0.2, 0.25) is 0 Å². The molecule has 9 heteroatoms. The Bertz CT molecular complexity index is 1450.